The topological polar surface area (TPSA) is 52.7 Å². The van der Waals surface area contributed by atoms with E-state index in [2.05, 4.69) is 28.4 Å². The SMILES string of the molecule is CN(C(=O)c1ccc(NC(=O)C2CCCC2)cc1)[C@H]1CCc2cc(CN3CCCCCC3)ccc2C1. The van der Waals surface area contributed by atoms with Crippen molar-refractivity contribution in [1.82, 2.24) is 9.80 Å². The highest BCUT2D eigenvalue weighted by molar-refractivity contribution is 5.96. The van der Waals surface area contributed by atoms with E-state index in [1.54, 1.807) is 0 Å². The van der Waals surface area contributed by atoms with Crippen molar-refractivity contribution in [1.29, 1.82) is 0 Å². The predicted octanol–water partition coefficient (Wildman–Crippen LogP) is 5.82. The second kappa shape index (κ2) is 11.6. The quantitative estimate of drug-likeness (QED) is 0.559. The van der Waals surface area contributed by atoms with Crippen molar-refractivity contribution >= 4 is 17.5 Å². The van der Waals surface area contributed by atoms with Gasteiger partial charge in [0.05, 0.1) is 0 Å². The van der Waals surface area contributed by atoms with Crippen molar-refractivity contribution in [3.8, 4) is 0 Å². The Labute approximate surface area is 216 Å². The standard InChI is InChI=1S/C31H41N3O2/c1-33(31(36)25-12-15-28(16-13-25)32-30(35)24-8-4-5-9-24)29-17-14-26-20-23(10-11-27(26)21-29)22-34-18-6-2-3-7-19-34/h10-13,15-16,20,24,29H,2-9,14,17-19,21-22H2,1H3,(H,32,35)/t29-/m0/s1. The van der Waals surface area contributed by atoms with Crippen LogP contribution in [0, 0.1) is 5.92 Å². The number of aryl methyl sites for hydroxylation is 1. The Morgan fingerprint density at radius 2 is 1.61 bits per heavy atom. The Hall–Kier alpha value is -2.66. The Kier molecular flexibility index (Phi) is 8.05. The van der Waals surface area contributed by atoms with E-state index in [0.29, 0.717) is 5.56 Å². The van der Waals surface area contributed by atoms with Gasteiger partial charge in [0.25, 0.3) is 5.91 Å². The molecule has 1 saturated heterocycles. The minimum atomic E-state index is 0.0508. The molecular formula is C31H41N3O2. The molecular weight excluding hydrogens is 446 g/mol. The van der Waals surface area contributed by atoms with Crippen LogP contribution in [0.15, 0.2) is 42.5 Å². The Bertz CT molecular complexity index is 1050. The average Bonchev–Trinajstić information content (AvgIpc) is 3.33. The molecule has 192 valence electrons. The van der Waals surface area contributed by atoms with E-state index in [-0.39, 0.29) is 23.8 Å². The molecule has 1 saturated carbocycles. The average molecular weight is 488 g/mol. The van der Waals surface area contributed by atoms with Crippen LogP contribution in [0.3, 0.4) is 0 Å². The van der Waals surface area contributed by atoms with Crippen molar-refractivity contribution in [2.75, 3.05) is 25.5 Å². The first kappa shape index (κ1) is 25.0. The zero-order chi connectivity index (χ0) is 24.9. The Morgan fingerprint density at radius 1 is 0.889 bits per heavy atom. The summed E-state index contributed by atoms with van der Waals surface area (Å²) in [5.74, 6) is 0.297. The van der Waals surface area contributed by atoms with Gasteiger partial charge in [0.15, 0.2) is 0 Å². The second-order valence-corrected chi connectivity index (χ2v) is 11.2. The van der Waals surface area contributed by atoms with Crippen LogP contribution in [-0.2, 0) is 24.2 Å². The molecule has 2 aromatic rings. The smallest absolute Gasteiger partial charge is 0.253 e. The van der Waals surface area contributed by atoms with Gasteiger partial charge < -0.3 is 10.2 Å². The number of hydrogen-bond acceptors (Lipinski definition) is 3. The number of likely N-dealkylation sites (tertiary alicyclic amines) is 1. The molecule has 0 spiro atoms. The lowest BCUT2D eigenvalue weighted by Crippen LogP contribution is -2.40. The van der Waals surface area contributed by atoms with Gasteiger partial charge in [-0.15, -0.1) is 0 Å². The van der Waals surface area contributed by atoms with Gasteiger partial charge in [-0.25, -0.2) is 0 Å². The summed E-state index contributed by atoms with van der Waals surface area (Å²) in [5, 5.41) is 3.02. The summed E-state index contributed by atoms with van der Waals surface area (Å²) in [7, 11) is 1.93. The number of carbonyl (C=O) groups is 2. The van der Waals surface area contributed by atoms with E-state index < -0.39 is 0 Å². The molecule has 5 rings (SSSR count). The normalized spacial score (nSPS) is 21.0. The maximum Gasteiger partial charge on any atom is 0.253 e. The van der Waals surface area contributed by atoms with Crippen LogP contribution in [0.5, 0.6) is 0 Å². The van der Waals surface area contributed by atoms with Gasteiger partial charge in [-0.05, 0) is 99.0 Å². The molecule has 2 aliphatic carbocycles. The zero-order valence-electron chi connectivity index (χ0n) is 21.8. The molecule has 2 fully saturated rings. The van der Waals surface area contributed by atoms with Crippen molar-refractivity contribution in [3.05, 3.63) is 64.7 Å². The van der Waals surface area contributed by atoms with Gasteiger partial charge in [-0.2, -0.15) is 0 Å². The first-order valence-electron chi connectivity index (χ1n) is 14.1. The molecule has 1 atom stereocenters. The fourth-order valence-electron chi connectivity index (χ4n) is 6.27. The molecule has 1 aliphatic heterocycles. The molecule has 3 aliphatic rings. The summed E-state index contributed by atoms with van der Waals surface area (Å²) in [5.41, 5.74) is 5.72. The summed E-state index contributed by atoms with van der Waals surface area (Å²) < 4.78 is 0. The van der Waals surface area contributed by atoms with E-state index >= 15 is 0 Å². The molecule has 36 heavy (non-hydrogen) atoms. The van der Waals surface area contributed by atoms with E-state index in [1.165, 1.54) is 55.5 Å². The largest absolute Gasteiger partial charge is 0.338 e. The molecule has 0 radical (unpaired) electrons. The summed E-state index contributed by atoms with van der Waals surface area (Å²) in [4.78, 5) is 30.2. The fourth-order valence-corrected chi connectivity index (χ4v) is 6.27. The van der Waals surface area contributed by atoms with Gasteiger partial charge >= 0.3 is 0 Å². The fraction of sp³-hybridized carbons (Fsp3) is 0.548. The van der Waals surface area contributed by atoms with Gasteiger partial charge in [0.2, 0.25) is 5.91 Å². The predicted molar refractivity (Wildman–Crippen MR) is 145 cm³/mol. The number of anilines is 1. The third-order valence-electron chi connectivity index (χ3n) is 8.57. The molecule has 1 heterocycles. The van der Waals surface area contributed by atoms with Gasteiger partial charge in [-0.1, -0.05) is 43.9 Å². The van der Waals surface area contributed by atoms with Crippen LogP contribution in [0.2, 0.25) is 0 Å². The molecule has 1 N–H and O–H groups in total. The lowest BCUT2D eigenvalue weighted by Gasteiger charge is -2.33. The van der Waals surface area contributed by atoms with Crippen LogP contribution in [0.1, 0.15) is 84.8 Å². The molecule has 0 unspecified atom stereocenters. The molecule has 0 bridgehead atoms. The monoisotopic (exact) mass is 487 g/mol. The molecule has 5 heteroatoms. The maximum atomic E-state index is 13.2. The van der Waals surface area contributed by atoms with Gasteiger partial charge in [-0.3, -0.25) is 14.5 Å². The van der Waals surface area contributed by atoms with E-state index in [0.717, 1.165) is 57.2 Å². The number of nitrogens with one attached hydrogen (secondary N) is 1. The van der Waals surface area contributed by atoms with E-state index in [9.17, 15) is 9.59 Å². The maximum absolute atomic E-state index is 13.2. The minimum Gasteiger partial charge on any atom is -0.338 e. The van der Waals surface area contributed by atoms with Crippen LogP contribution >= 0.6 is 0 Å². The van der Waals surface area contributed by atoms with E-state index in [4.69, 9.17) is 0 Å². The number of fused-ring (bicyclic) bond motifs is 1. The first-order chi connectivity index (χ1) is 17.6. The van der Waals surface area contributed by atoms with E-state index in [1.807, 2.05) is 36.2 Å². The van der Waals surface area contributed by atoms with Crippen molar-refractivity contribution < 1.29 is 9.59 Å². The number of amides is 2. The Morgan fingerprint density at radius 3 is 2.33 bits per heavy atom. The molecule has 2 amide bonds. The van der Waals surface area contributed by atoms with Crippen LogP contribution in [0.4, 0.5) is 5.69 Å². The number of nitrogens with zero attached hydrogens (tertiary/aromatic N) is 2. The summed E-state index contributed by atoms with van der Waals surface area (Å²) >= 11 is 0. The molecule has 5 nitrogen and oxygen atoms in total. The highest BCUT2D eigenvalue weighted by Gasteiger charge is 2.27. The Balaban J connectivity index is 1.17. The molecule has 2 aromatic carbocycles. The van der Waals surface area contributed by atoms with Crippen LogP contribution in [-0.4, -0.2) is 47.8 Å². The van der Waals surface area contributed by atoms with Gasteiger partial charge in [0, 0.05) is 36.8 Å². The lowest BCUT2D eigenvalue weighted by atomic mass is 9.86. The van der Waals surface area contributed by atoms with Crippen molar-refractivity contribution in [3.63, 3.8) is 0 Å². The number of likely N-dealkylation sites (N-methyl/N-ethyl adjacent to an activating group) is 1. The summed E-state index contributed by atoms with van der Waals surface area (Å²) in [6.07, 6.45) is 12.6. The van der Waals surface area contributed by atoms with Crippen molar-refractivity contribution in [2.24, 2.45) is 5.92 Å². The highest BCUT2D eigenvalue weighted by atomic mass is 16.2. The zero-order valence-corrected chi connectivity index (χ0v) is 21.8. The highest BCUT2D eigenvalue weighted by Crippen LogP contribution is 2.28. The third kappa shape index (κ3) is 6.00. The number of carbonyl (C=O) groups excluding carboxylic acids is 2. The second-order valence-electron chi connectivity index (χ2n) is 11.2. The van der Waals surface area contributed by atoms with Crippen LogP contribution in [0.25, 0.3) is 0 Å². The van der Waals surface area contributed by atoms with Gasteiger partial charge in [0.1, 0.15) is 0 Å². The summed E-state index contributed by atoms with van der Waals surface area (Å²) in [6, 6.07) is 14.6. The van der Waals surface area contributed by atoms with Crippen molar-refractivity contribution in [2.45, 2.75) is 83.2 Å². The number of rotatable bonds is 6. The summed E-state index contributed by atoms with van der Waals surface area (Å²) in [6.45, 7) is 3.51. The third-order valence-corrected chi connectivity index (χ3v) is 8.57. The molecule has 0 aromatic heterocycles. The number of benzene rings is 2. The lowest BCUT2D eigenvalue weighted by molar-refractivity contribution is -0.119. The van der Waals surface area contributed by atoms with Crippen LogP contribution < -0.4 is 5.32 Å². The first-order valence-corrected chi connectivity index (χ1v) is 14.1. The minimum absolute atomic E-state index is 0.0508. The number of hydrogen-bond donors (Lipinski definition) is 1.